The van der Waals surface area contributed by atoms with Crippen LogP contribution in [0.25, 0.3) is 10.9 Å². The summed E-state index contributed by atoms with van der Waals surface area (Å²) in [4.78, 5) is 20.8. The monoisotopic (exact) mass is 481 g/mol. The Morgan fingerprint density at radius 3 is 2.91 bits per heavy atom. The number of fused-ring (bicyclic) bond motifs is 1. The van der Waals surface area contributed by atoms with Gasteiger partial charge in [0, 0.05) is 38.3 Å². The molecule has 1 atom stereocenters. The number of H-pyrrole nitrogens is 1. The van der Waals surface area contributed by atoms with Gasteiger partial charge in [-0.15, -0.1) is 5.10 Å². The quantitative estimate of drug-likeness (QED) is 0.467. The van der Waals surface area contributed by atoms with Gasteiger partial charge in [-0.05, 0) is 60.2 Å². The van der Waals surface area contributed by atoms with Crippen molar-refractivity contribution >= 4 is 10.9 Å². The molecular formula is C25H35N7O3. The zero-order valence-corrected chi connectivity index (χ0v) is 20.5. The molecule has 0 unspecified atom stereocenters. The molecule has 2 aliphatic rings. The minimum Gasteiger partial charge on any atom is -0.379 e. The van der Waals surface area contributed by atoms with Gasteiger partial charge in [0.25, 0.3) is 5.56 Å². The molecule has 188 valence electrons. The van der Waals surface area contributed by atoms with E-state index in [1.165, 1.54) is 0 Å². The van der Waals surface area contributed by atoms with E-state index in [2.05, 4.69) is 30.3 Å². The van der Waals surface area contributed by atoms with Crippen molar-refractivity contribution in [1.82, 2.24) is 35.0 Å². The number of tetrazole rings is 1. The van der Waals surface area contributed by atoms with Crippen LogP contribution >= 0.6 is 0 Å². The molecular weight excluding hydrogens is 446 g/mol. The Balaban J connectivity index is 1.32. The lowest BCUT2D eigenvalue weighted by molar-refractivity contribution is 0.0358. The molecule has 1 aromatic carbocycles. The van der Waals surface area contributed by atoms with E-state index in [9.17, 15) is 4.79 Å². The number of hydrogen-bond acceptors (Lipinski definition) is 8. The average molecular weight is 482 g/mol. The number of aromatic nitrogens is 5. The highest BCUT2D eigenvalue weighted by Crippen LogP contribution is 2.18. The highest BCUT2D eigenvalue weighted by atomic mass is 16.5. The minimum atomic E-state index is -0.0380. The van der Waals surface area contributed by atoms with Crippen molar-refractivity contribution in [3.63, 3.8) is 0 Å². The predicted molar refractivity (Wildman–Crippen MR) is 132 cm³/mol. The number of aryl methyl sites for hydroxylation is 1. The van der Waals surface area contributed by atoms with Gasteiger partial charge in [-0.2, -0.15) is 0 Å². The second kappa shape index (κ2) is 11.4. The van der Waals surface area contributed by atoms with E-state index in [1.54, 1.807) is 0 Å². The van der Waals surface area contributed by atoms with E-state index in [0.29, 0.717) is 19.6 Å². The van der Waals surface area contributed by atoms with E-state index in [4.69, 9.17) is 9.47 Å². The number of hydrogen-bond donors (Lipinski definition) is 1. The van der Waals surface area contributed by atoms with Crippen LogP contribution in [0.3, 0.4) is 0 Å². The van der Waals surface area contributed by atoms with Crippen LogP contribution in [0.2, 0.25) is 0 Å². The van der Waals surface area contributed by atoms with Crippen molar-refractivity contribution in [2.24, 2.45) is 0 Å². The molecule has 2 saturated heterocycles. The fourth-order valence-corrected chi connectivity index (χ4v) is 5.00. The summed E-state index contributed by atoms with van der Waals surface area (Å²) < 4.78 is 13.1. The average Bonchev–Trinajstić information content (AvgIpc) is 3.53. The van der Waals surface area contributed by atoms with E-state index in [0.717, 1.165) is 93.1 Å². The van der Waals surface area contributed by atoms with Gasteiger partial charge >= 0.3 is 0 Å². The molecule has 0 aliphatic carbocycles. The second-order valence-electron chi connectivity index (χ2n) is 9.59. The zero-order chi connectivity index (χ0) is 24.0. The van der Waals surface area contributed by atoms with Gasteiger partial charge in [0.15, 0.2) is 5.82 Å². The third kappa shape index (κ3) is 6.13. The molecule has 10 heteroatoms. The fraction of sp³-hybridized carbons (Fsp3) is 0.600. The maximum absolute atomic E-state index is 13.0. The number of para-hydroxylation sites is 1. The molecule has 2 aliphatic heterocycles. The number of pyridine rings is 1. The van der Waals surface area contributed by atoms with Gasteiger partial charge in [0.2, 0.25) is 0 Å². The third-order valence-corrected chi connectivity index (χ3v) is 6.98. The third-order valence-electron chi connectivity index (χ3n) is 6.98. The topological polar surface area (TPSA) is 101 Å². The van der Waals surface area contributed by atoms with E-state index < -0.39 is 0 Å². The molecule has 1 N–H and O–H groups in total. The second-order valence-corrected chi connectivity index (χ2v) is 9.59. The first-order valence-electron chi connectivity index (χ1n) is 12.7. The Morgan fingerprint density at radius 2 is 2.09 bits per heavy atom. The van der Waals surface area contributed by atoms with E-state index >= 15 is 0 Å². The van der Waals surface area contributed by atoms with Gasteiger partial charge in [0.05, 0.1) is 37.9 Å². The highest BCUT2D eigenvalue weighted by molar-refractivity contribution is 5.81. The number of morpholine rings is 1. The Morgan fingerprint density at radius 1 is 1.20 bits per heavy atom. The first-order valence-corrected chi connectivity index (χ1v) is 12.7. The summed E-state index contributed by atoms with van der Waals surface area (Å²) in [5, 5.41) is 13.5. The Hall–Kier alpha value is -2.66. The van der Waals surface area contributed by atoms with Gasteiger partial charge in [-0.1, -0.05) is 18.2 Å². The van der Waals surface area contributed by atoms with Crippen LogP contribution in [0, 0.1) is 6.92 Å². The predicted octanol–water partition coefficient (Wildman–Crippen LogP) is 1.73. The Labute approximate surface area is 205 Å². The number of rotatable bonds is 10. The zero-order valence-electron chi connectivity index (χ0n) is 20.5. The minimum absolute atomic E-state index is 0.0380. The molecule has 0 amide bonds. The summed E-state index contributed by atoms with van der Waals surface area (Å²) in [6.45, 7) is 10.0. The number of benzene rings is 1. The summed E-state index contributed by atoms with van der Waals surface area (Å²) in [7, 11) is 0. The molecule has 2 aromatic heterocycles. The summed E-state index contributed by atoms with van der Waals surface area (Å²) in [6, 6.07) is 8.11. The van der Waals surface area contributed by atoms with Crippen LogP contribution in [-0.4, -0.2) is 87.1 Å². The number of ether oxygens (including phenoxy) is 2. The molecule has 0 bridgehead atoms. The maximum Gasteiger partial charge on any atom is 0.252 e. The first kappa shape index (κ1) is 24.1. The number of aromatic amines is 1. The lowest BCUT2D eigenvalue weighted by atomic mass is 10.1. The Kier molecular flexibility index (Phi) is 7.82. The molecule has 35 heavy (non-hydrogen) atoms. The van der Waals surface area contributed by atoms with Crippen molar-refractivity contribution in [2.75, 3.05) is 46.0 Å². The highest BCUT2D eigenvalue weighted by Gasteiger charge is 2.21. The lowest BCUT2D eigenvalue weighted by Gasteiger charge is -2.28. The first-order chi connectivity index (χ1) is 17.2. The van der Waals surface area contributed by atoms with Crippen molar-refractivity contribution in [1.29, 1.82) is 0 Å². The number of nitrogens with zero attached hydrogens (tertiary/aromatic N) is 6. The largest absolute Gasteiger partial charge is 0.379 e. The lowest BCUT2D eigenvalue weighted by Crippen LogP contribution is -2.38. The van der Waals surface area contributed by atoms with E-state index in [-0.39, 0.29) is 11.7 Å². The van der Waals surface area contributed by atoms with Crippen LogP contribution in [0.4, 0.5) is 0 Å². The van der Waals surface area contributed by atoms with Gasteiger partial charge < -0.3 is 14.5 Å². The molecule has 0 saturated carbocycles. The summed E-state index contributed by atoms with van der Waals surface area (Å²) >= 11 is 0. The molecule has 3 aromatic rings. The standard InChI is InChI=1S/C25H35N7O3/c1-19-5-2-6-20-15-21(25(33)26-24(19)20)16-31(9-4-8-30-10-13-34-14-11-30)18-23-27-28-29-32(23)17-22-7-3-12-35-22/h2,5-6,15,22H,3-4,7-14,16-18H2,1H3,(H,26,33)/t22-/m0/s1. The molecule has 5 rings (SSSR count). The van der Waals surface area contributed by atoms with Crippen molar-refractivity contribution < 1.29 is 9.47 Å². The molecule has 4 heterocycles. The summed E-state index contributed by atoms with van der Waals surface area (Å²) in [5.41, 5.74) is 2.69. The number of nitrogens with one attached hydrogen (secondary N) is 1. The Bertz CT molecular complexity index is 1170. The van der Waals surface area contributed by atoms with Gasteiger partial charge in [-0.25, -0.2) is 4.68 Å². The van der Waals surface area contributed by atoms with E-state index in [1.807, 2.05) is 35.9 Å². The molecule has 0 radical (unpaired) electrons. The van der Waals surface area contributed by atoms with Crippen molar-refractivity contribution in [3.05, 3.63) is 51.6 Å². The van der Waals surface area contributed by atoms with Crippen LogP contribution in [0.1, 0.15) is 36.2 Å². The van der Waals surface area contributed by atoms with Crippen LogP contribution in [0.5, 0.6) is 0 Å². The van der Waals surface area contributed by atoms with Crippen molar-refractivity contribution in [2.45, 2.75) is 51.9 Å². The summed E-state index contributed by atoms with van der Waals surface area (Å²) in [6.07, 6.45) is 3.28. The normalized spacial score (nSPS) is 19.2. The van der Waals surface area contributed by atoms with Gasteiger partial charge in [-0.3, -0.25) is 14.6 Å². The molecule has 2 fully saturated rings. The molecule has 10 nitrogen and oxygen atoms in total. The smallest absolute Gasteiger partial charge is 0.252 e. The SMILES string of the molecule is Cc1cccc2cc(CN(CCCN3CCOCC3)Cc3nnnn3C[C@@H]3CCCO3)c(=O)[nH]c12. The van der Waals surface area contributed by atoms with Crippen LogP contribution in [0.15, 0.2) is 29.1 Å². The van der Waals surface area contributed by atoms with Crippen LogP contribution < -0.4 is 5.56 Å². The fourth-order valence-electron chi connectivity index (χ4n) is 5.00. The van der Waals surface area contributed by atoms with Crippen LogP contribution in [-0.2, 0) is 29.1 Å². The van der Waals surface area contributed by atoms with Gasteiger partial charge in [0.1, 0.15) is 0 Å². The summed E-state index contributed by atoms with van der Waals surface area (Å²) in [5.74, 6) is 0.805. The molecule has 0 spiro atoms. The maximum atomic E-state index is 13.0. The van der Waals surface area contributed by atoms with Crippen molar-refractivity contribution in [3.8, 4) is 0 Å².